The largest absolute Gasteiger partial charge is 0.459 e. The van der Waals surface area contributed by atoms with Crippen LogP contribution in [0.1, 0.15) is 47.9 Å². The molecule has 32 heavy (non-hydrogen) atoms. The Morgan fingerprint density at radius 1 is 1.19 bits per heavy atom. The number of nitrogens with zero attached hydrogens (tertiary/aromatic N) is 2. The monoisotopic (exact) mass is 553 g/mol. The van der Waals surface area contributed by atoms with Crippen LogP contribution in [0.15, 0.2) is 46.0 Å². The van der Waals surface area contributed by atoms with Crippen molar-refractivity contribution in [3.63, 3.8) is 0 Å². The van der Waals surface area contributed by atoms with Crippen molar-refractivity contribution in [2.45, 2.75) is 46.1 Å². The molecule has 1 fully saturated rings. The molecule has 3 rings (SSSR count). The molecule has 0 aliphatic carbocycles. The number of rotatable bonds is 8. The molecule has 1 atom stereocenters. The number of carbonyl (C=O) groups excluding carboxylic acids is 1. The summed E-state index contributed by atoms with van der Waals surface area (Å²) in [5.41, 5.74) is 3.41. The fraction of sp³-hybridized carbons (Fsp3) is 0.500. The van der Waals surface area contributed by atoms with E-state index in [0.29, 0.717) is 24.9 Å². The number of benzene rings is 1. The summed E-state index contributed by atoms with van der Waals surface area (Å²) in [6.07, 6.45) is 4.59. The summed E-state index contributed by atoms with van der Waals surface area (Å²) in [6, 6.07) is 10.9. The number of guanidine groups is 1. The Balaban J connectivity index is 0.00000363. The van der Waals surface area contributed by atoms with Crippen molar-refractivity contribution in [1.82, 2.24) is 16.0 Å². The zero-order valence-electron chi connectivity index (χ0n) is 19.3. The van der Waals surface area contributed by atoms with Gasteiger partial charge in [-0.1, -0.05) is 17.7 Å². The standard InChI is InChI=1S/C24H35N5O2.HI/c1-4-25-24(27-14-6-13-26-23(30)22-19(3)12-16-31-22)28-20-7-5-15-29(17-20)21-10-8-18(2)9-11-21;/h8-12,16,20H,4-7,13-15,17H2,1-3H3,(H,26,30)(H2,25,27,28);1H. The van der Waals surface area contributed by atoms with Crippen LogP contribution in [0.25, 0.3) is 0 Å². The third-order valence-corrected chi connectivity index (χ3v) is 5.46. The van der Waals surface area contributed by atoms with Gasteiger partial charge >= 0.3 is 0 Å². The molecule has 1 aliphatic heterocycles. The van der Waals surface area contributed by atoms with Gasteiger partial charge in [0.2, 0.25) is 0 Å². The molecule has 0 bridgehead atoms. The van der Waals surface area contributed by atoms with Gasteiger partial charge in [-0.15, -0.1) is 24.0 Å². The number of amides is 1. The fourth-order valence-corrected chi connectivity index (χ4v) is 3.76. The van der Waals surface area contributed by atoms with Gasteiger partial charge in [0.05, 0.1) is 6.26 Å². The molecule has 1 amide bonds. The van der Waals surface area contributed by atoms with Crippen molar-refractivity contribution in [2.24, 2.45) is 4.99 Å². The second-order valence-electron chi connectivity index (χ2n) is 8.07. The number of aliphatic imine (C=N–C) groups is 1. The number of carbonyl (C=O) groups is 1. The Morgan fingerprint density at radius 2 is 1.97 bits per heavy atom. The topological polar surface area (TPSA) is 81.9 Å². The molecule has 7 nitrogen and oxygen atoms in total. The normalized spacial score (nSPS) is 16.3. The highest BCUT2D eigenvalue weighted by atomic mass is 127. The van der Waals surface area contributed by atoms with Gasteiger partial charge in [0.15, 0.2) is 11.7 Å². The van der Waals surface area contributed by atoms with Gasteiger partial charge in [-0.05, 0) is 58.2 Å². The summed E-state index contributed by atoms with van der Waals surface area (Å²) in [7, 11) is 0. The second kappa shape index (κ2) is 13.3. The Bertz CT molecular complexity index is 866. The summed E-state index contributed by atoms with van der Waals surface area (Å²) in [5, 5.41) is 9.82. The molecule has 0 spiro atoms. The van der Waals surface area contributed by atoms with Crippen LogP contribution < -0.4 is 20.9 Å². The molecule has 176 valence electrons. The Morgan fingerprint density at radius 3 is 2.66 bits per heavy atom. The van der Waals surface area contributed by atoms with E-state index in [1.54, 1.807) is 6.07 Å². The van der Waals surface area contributed by atoms with Crippen molar-refractivity contribution in [2.75, 3.05) is 37.6 Å². The van der Waals surface area contributed by atoms with Crippen molar-refractivity contribution in [3.05, 3.63) is 53.5 Å². The predicted octanol–water partition coefficient (Wildman–Crippen LogP) is 3.86. The molecular weight excluding hydrogens is 517 g/mol. The average Bonchev–Trinajstić information content (AvgIpc) is 3.20. The van der Waals surface area contributed by atoms with Gasteiger partial charge in [-0.25, -0.2) is 0 Å². The Kier molecular flexibility index (Phi) is 10.9. The van der Waals surface area contributed by atoms with E-state index in [-0.39, 0.29) is 29.9 Å². The van der Waals surface area contributed by atoms with Gasteiger partial charge in [0.1, 0.15) is 0 Å². The number of hydrogen-bond donors (Lipinski definition) is 3. The zero-order valence-corrected chi connectivity index (χ0v) is 21.6. The number of hydrogen-bond acceptors (Lipinski definition) is 4. The lowest BCUT2D eigenvalue weighted by atomic mass is 10.0. The molecule has 2 aromatic rings. The van der Waals surface area contributed by atoms with Crippen molar-refractivity contribution in [3.8, 4) is 0 Å². The van der Waals surface area contributed by atoms with E-state index in [1.807, 2.05) is 6.92 Å². The molecule has 1 saturated heterocycles. The van der Waals surface area contributed by atoms with Crippen LogP contribution in [0.2, 0.25) is 0 Å². The number of halogens is 1. The molecule has 2 heterocycles. The van der Waals surface area contributed by atoms with Gasteiger partial charge in [-0.2, -0.15) is 0 Å². The van der Waals surface area contributed by atoms with E-state index in [1.165, 1.54) is 17.5 Å². The Labute approximate surface area is 208 Å². The van der Waals surface area contributed by atoms with Crippen molar-refractivity contribution in [1.29, 1.82) is 0 Å². The number of aryl methyl sites for hydroxylation is 2. The van der Waals surface area contributed by atoms with Gasteiger partial charge in [0, 0.05) is 50.0 Å². The molecule has 1 aromatic carbocycles. The zero-order chi connectivity index (χ0) is 22.1. The van der Waals surface area contributed by atoms with Crippen LogP contribution in [0.3, 0.4) is 0 Å². The first kappa shape index (κ1) is 26.0. The first-order valence-corrected chi connectivity index (χ1v) is 11.3. The number of piperidine rings is 1. The highest BCUT2D eigenvalue weighted by Crippen LogP contribution is 2.20. The number of furan rings is 1. The summed E-state index contributed by atoms with van der Waals surface area (Å²) in [4.78, 5) is 19.2. The lowest BCUT2D eigenvalue weighted by Gasteiger charge is -2.35. The summed E-state index contributed by atoms with van der Waals surface area (Å²) >= 11 is 0. The second-order valence-corrected chi connectivity index (χ2v) is 8.07. The average molecular weight is 553 g/mol. The Hall–Kier alpha value is -2.23. The molecule has 1 unspecified atom stereocenters. The lowest BCUT2D eigenvalue weighted by molar-refractivity contribution is 0.0925. The molecule has 0 radical (unpaired) electrons. The molecular formula is C24H36IN5O2. The third kappa shape index (κ3) is 7.72. The van der Waals surface area contributed by atoms with E-state index >= 15 is 0 Å². The number of anilines is 1. The van der Waals surface area contributed by atoms with Crippen LogP contribution >= 0.6 is 24.0 Å². The lowest BCUT2D eigenvalue weighted by Crippen LogP contribution is -2.51. The maximum atomic E-state index is 12.1. The van der Waals surface area contributed by atoms with E-state index in [9.17, 15) is 4.79 Å². The van der Waals surface area contributed by atoms with E-state index in [0.717, 1.165) is 50.4 Å². The summed E-state index contributed by atoms with van der Waals surface area (Å²) in [6.45, 7) is 10.1. The molecule has 1 aliphatic rings. The van der Waals surface area contributed by atoms with Crippen LogP contribution in [0, 0.1) is 13.8 Å². The third-order valence-electron chi connectivity index (χ3n) is 5.46. The smallest absolute Gasteiger partial charge is 0.287 e. The molecule has 3 N–H and O–H groups in total. The highest BCUT2D eigenvalue weighted by Gasteiger charge is 2.21. The van der Waals surface area contributed by atoms with Gasteiger partial charge < -0.3 is 25.3 Å². The fourth-order valence-electron chi connectivity index (χ4n) is 3.76. The number of nitrogens with one attached hydrogen (secondary N) is 3. The first-order chi connectivity index (χ1) is 15.1. The van der Waals surface area contributed by atoms with Crippen LogP contribution in [0.4, 0.5) is 5.69 Å². The maximum absolute atomic E-state index is 12.1. The molecule has 0 saturated carbocycles. The predicted molar refractivity (Wildman–Crippen MR) is 141 cm³/mol. The first-order valence-electron chi connectivity index (χ1n) is 11.3. The quantitative estimate of drug-likeness (QED) is 0.200. The van der Waals surface area contributed by atoms with E-state index in [4.69, 9.17) is 9.41 Å². The minimum absolute atomic E-state index is 0. The highest BCUT2D eigenvalue weighted by molar-refractivity contribution is 14.0. The van der Waals surface area contributed by atoms with Crippen molar-refractivity contribution >= 4 is 41.5 Å². The van der Waals surface area contributed by atoms with Crippen molar-refractivity contribution < 1.29 is 9.21 Å². The van der Waals surface area contributed by atoms with Crippen LogP contribution in [-0.4, -0.2) is 50.6 Å². The maximum Gasteiger partial charge on any atom is 0.287 e. The minimum atomic E-state index is -0.171. The van der Waals surface area contributed by atoms with E-state index in [2.05, 4.69) is 59.0 Å². The SMILES string of the molecule is CCNC(=NCCCNC(=O)c1occc1C)NC1CCCN(c2ccc(C)cc2)C1.I. The summed E-state index contributed by atoms with van der Waals surface area (Å²) < 4.78 is 5.22. The molecule has 8 heteroatoms. The van der Waals surface area contributed by atoms with Gasteiger partial charge in [0.25, 0.3) is 5.91 Å². The summed E-state index contributed by atoms with van der Waals surface area (Å²) in [5.74, 6) is 1.05. The molecule has 1 aromatic heterocycles. The van der Waals surface area contributed by atoms with E-state index < -0.39 is 0 Å². The van der Waals surface area contributed by atoms with Crippen LogP contribution in [-0.2, 0) is 0 Å². The van der Waals surface area contributed by atoms with Crippen LogP contribution in [0.5, 0.6) is 0 Å². The van der Waals surface area contributed by atoms with Gasteiger partial charge in [-0.3, -0.25) is 9.79 Å². The minimum Gasteiger partial charge on any atom is -0.459 e.